The number of pyridine rings is 1. The van der Waals surface area contributed by atoms with Gasteiger partial charge in [-0.25, -0.2) is 4.98 Å². The van der Waals surface area contributed by atoms with Crippen molar-refractivity contribution in [1.29, 1.82) is 0 Å². The van der Waals surface area contributed by atoms with Gasteiger partial charge in [0.05, 0.1) is 22.1 Å². The van der Waals surface area contributed by atoms with Gasteiger partial charge in [-0.3, -0.25) is 9.88 Å². The summed E-state index contributed by atoms with van der Waals surface area (Å²) in [6, 6.07) is 3.73. The summed E-state index contributed by atoms with van der Waals surface area (Å²) >= 11 is 1.68. The van der Waals surface area contributed by atoms with Gasteiger partial charge in [0.25, 0.3) is 0 Å². The van der Waals surface area contributed by atoms with Crippen molar-refractivity contribution in [3.63, 3.8) is 0 Å². The standard InChI is InChI=1S/C12H16N4S/c1-9-15-10(8-17-9)6-16(2)7-12-11(13)4-3-5-14-12/h3-5,8H,6-7,13H2,1-2H3. The normalized spacial score (nSPS) is 11.0. The molecular weight excluding hydrogens is 232 g/mol. The molecule has 90 valence electrons. The lowest BCUT2D eigenvalue weighted by atomic mass is 10.3. The summed E-state index contributed by atoms with van der Waals surface area (Å²) in [6.07, 6.45) is 1.77. The molecule has 0 spiro atoms. The van der Waals surface area contributed by atoms with Gasteiger partial charge in [0.1, 0.15) is 0 Å². The molecular formula is C12H16N4S. The van der Waals surface area contributed by atoms with Gasteiger partial charge in [-0.05, 0) is 26.1 Å². The Kier molecular flexibility index (Phi) is 3.71. The van der Waals surface area contributed by atoms with Crippen LogP contribution in [0.5, 0.6) is 0 Å². The first-order valence-electron chi connectivity index (χ1n) is 5.44. The zero-order chi connectivity index (χ0) is 12.3. The third kappa shape index (κ3) is 3.25. The Morgan fingerprint density at radius 3 is 2.88 bits per heavy atom. The number of nitrogens with two attached hydrogens (primary N) is 1. The van der Waals surface area contributed by atoms with Crippen LogP contribution in [-0.4, -0.2) is 21.9 Å². The Labute approximate surface area is 105 Å². The van der Waals surface area contributed by atoms with Crippen molar-refractivity contribution in [3.05, 3.63) is 40.1 Å². The van der Waals surface area contributed by atoms with Crippen LogP contribution in [0.4, 0.5) is 5.69 Å². The van der Waals surface area contributed by atoms with Crippen molar-refractivity contribution in [2.75, 3.05) is 12.8 Å². The summed E-state index contributed by atoms with van der Waals surface area (Å²) in [7, 11) is 2.04. The summed E-state index contributed by atoms with van der Waals surface area (Å²) in [6.45, 7) is 3.58. The summed E-state index contributed by atoms with van der Waals surface area (Å²) in [5.74, 6) is 0. The van der Waals surface area contributed by atoms with Crippen molar-refractivity contribution < 1.29 is 0 Å². The lowest BCUT2D eigenvalue weighted by Crippen LogP contribution is -2.19. The van der Waals surface area contributed by atoms with E-state index >= 15 is 0 Å². The molecule has 0 fully saturated rings. The summed E-state index contributed by atoms with van der Waals surface area (Å²) in [5, 5.41) is 3.19. The van der Waals surface area contributed by atoms with Crippen molar-refractivity contribution in [3.8, 4) is 0 Å². The highest BCUT2D eigenvalue weighted by molar-refractivity contribution is 7.09. The van der Waals surface area contributed by atoms with Crippen LogP contribution in [0.2, 0.25) is 0 Å². The number of anilines is 1. The van der Waals surface area contributed by atoms with Gasteiger partial charge >= 0.3 is 0 Å². The van der Waals surface area contributed by atoms with Crippen LogP contribution in [0.25, 0.3) is 0 Å². The van der Waals surface area contributed by atoms with Gasteiger partial charge in [-0.2, -0.15) is 0 Å². The van der Waals surface area contributed by atoms with E-state index in [1.165, 1.54) is 0 Å². The molecule has 2 aromatic heterocycles. The molecule has 0 aromatic carbocycles. The molecule has 0 saturated heterocycles. The summed E-state index contributed by atoms with van der Waals surface area (Å²) < 4.78 is 0. The zero-order valence-corrected chi connectivity index (χ0v) is 10.9. The predicted molar refractivity (Wildman–Crippen MR) is 70.7 cm³/mol. The van der Waals surface area contributed by atoms with Crippen LogP contribution in [0, 0.1) is 6.92 Å². The average molecular weight is 248 g/mol. The fraction of sp³-hybridized carbons (Fsp3) is 0.333. The molecule has 0 unspecified atom stereocenters. The van der Waals surface area contributed by atoms with E-state index in [1.54, 1.807) is 17.5 Å². The minimum atomic E-state index is 0.739. The second-order valence-electron chi connectivity index (χ2n) is 4.07. The lowest BCUT2D eigenvalue weighted by Gasteiger charge is -2.15. The fourth-order valence-corrected chi connectivity index (χ4v) is 2.26. The van der Waals surface area contributed by atoms with E-state index in [0.29, 0.717) is 0 Å². The second-order valence-corrected chi connectivity index (χ2v) is 5.13. The van der Waals surface area contributed by atoms with E-state index in [0.717, 1.165) is 35.2 Å². The van der Waals surface area contributed by atoms with Crippen LogP contribution in [0.15, 0.2) is 23.7 Å². The highest BCUT2D eigenvalue weighted by Crippen LogP contribution is 2.13. The molecule has 0 amide bonds. The van der Waals surface area contributed by atoms with Crippen LogP contribution in [0.3, 0.4) is 0 Å². The maximum absolute atomic E-state index is 5.86. The van der Waals surface area contributed by atoms with Crippen LogP contribution in [-0.2, 0) is 13.1 Å². The van der Waals surface area contributed by atoms with E-state index in [9.17, 15) is 0 Å². The SMILES string of the molecule is Cc1nc(CN(C)Cc2ncccc2N)cs1. The Bertz CT molecular complexity index is 495. The van der Waals surface area contributed by atoms with Gasteiger partial charge in [0.15, 0.2) is 0 Å². The Hall–Kier alpha value is -1.46. The maximum atomic E-state index is 5.86. The van der Waals surface area contributed by atoms with E-state index in [2.05, 4.69) is 20.2 Å². The van der Waals surface area contributed by atoms with Gasteiger partial charge in [0.2, 0.25) is 0 Å². The smallest absolute Gasteiger partial charge is 0.0897 e. The number of nitrogen functional groups attached to an aromatic ring is 1. The Morgan fingerprint density at radius 2 is 2.24 bits per heavy atom. The minimum absolute atomic E-state index is 0.739. The maximum Gasteiger partial charge on any atom is 0.0897 e. The first kappa shape index (κ1) is 12.0. The van der Waals surface area contributed by atoms with Crippen molar-refractivity contribution in [1.82, 2.24) is 14.9 Å². The Morgan fingerprint density at radius 1 is 1.41 bits per heavy atom. The van der Waals surface area contributed by atoms with Crippen molar-refractivity contribution in [2.24, 2.45) is 0 Å². The van der Waals surface area contributed by atoms with Gasteiger partial charge < -0.3 is 5.73 Å². The first-order chi connectivity index (χ1) is 8.15. The fourth-order valence-electron chi connectivity index (χ4n) is 1.65. The van der Waals surface area contributed by atoms with Gasteiger partial charge in [-0.15, -0.1) is 11.3 Å². The number of rotatable bonds is 4. The lowest BCUT2D eigenvalue weighted by molar-refractivity contribution is 0.312. The molecule has 0 radical (unpaired) electrons. The predicted octanol–water partition coefficient (Wildman–Crippen LogP) is 2.06. The van der Waals surface area contributed by atoms with Crippen molar-refractivity contribution >= 4 is 17.0 Å². The van der Waals surface area contributed by atoms with Crippen LogP contribution < -0.4 is 5.73 Å². The third-order valence-electron chi connectivity index (χ3n) is 2.44. The van der Waals surface area contributed by atoms with E-state index in [4.69, 9.17) is 5.73 Å². The number of nitrogens with zero attached hydrogens (tertiary/aromatic N) is 3. The van der Waals surface area contributed by atoms with E-state index in [-0.39, 0.29) is 0 Å². The monoisotopic (exact) mass is 248 g/mol. The van der Waals surface area contributed by atoms with Crippen LogP contribution >= 0.6 is 11.3 Å². The van der Waals surface area contributed by atoms with Gasteiger partial charge in [-0.1, -0.05) is 0 Å². The quantitative estimate of drug-likeness (QED) is 0.900. The zero-order valence-electron chi connectivity index (χ0n) is 10.1. The van der Waals surface area contributed by atoms with Crippen molar-refractivity contribution in [2.45, 2.75) is 20.0 Å². The molecule has 0 saturated carbocycles. The Balaban J connectivity index is 1.98. The number of hydrogen-bond donors (Lipinski definition) is 1. The average Bonchev–Trinajstić information content (AvgIpc) is 2.67. The summed E-state index contributed by atoms with van der Waals surface area (Å²) in [4.78, 5) is 10.9. The summed E-state index contributed by atoms with van der Waals surface area (Å²) in [5.41, 5.74) is 8.63. The van der Waals surface area contributed by atoms with E-state index < -0.39 is 0 Å². The number of thiazole rings is 1. The van der Waals surface area contributed by atoms with Gasteiger partial charge in [0, 0.05) is 24.7 Å². The minimum Gasteiger partial charge on any atom is -0.397 e. The van der Waals surface area contributed by atoms with Crippen LogP contribution in [0.1, 0.15) is 16.4 Å². The molecule has 0 aliphatic carbocycles. The first-order valence-corrected chi connectivity index (χ1v) is 6.32. The third-order valence-corrected chi connectivity index (χ3v) is 3.27. The molecule has 5 heteroatoms. The van der Waals surface area contributed by atoms with E-state index in [1.807, 2.05) is 26.1 Å². The highest BCUT2D eigenvalue weighted by Gasteiger charge is 2.07. The second kappa shape index (κ2) is 5.25. The number of hydrogen-bond acceptors (Lipinski definition) is 5. The molecule has 2 heterocycles. The largest absolute Gasteiger partial charge is 0.397 e. The topological polar surface area (TPSA) is 55.0 Å². The highest BCUT2D eigenvalue weighted by atomic mass is 32.1. The molecule has 2 rings (SSSR count). The molecule has 2 aromatic rings. The molecule has 0 bridgehead atoms. The molecule has 0 aliphatic heterocycles. The molecule has 17 heavy (non-hydrogen) atoms. The molecule has 0 atom stereocenters. The number of aryl methyl sites for hydroxylation is 1. The molecule has 4 nitrogen and oxygen atoms in total. The molecule has 0 aliphatic rings. The molecule has 2 N–H and O–H groups in total. The number of aromatic nitrogens is 2.